The van der Waals surface area contributed by atoms with Crippen molar-refractivity contribution in [2.75, 3.05) is 20.1 Å². The summed E-state index contributed by atoms with van der Waals surface area (Å²) < 4.78 is 0. The van der Waals surface area contributed by atoms with Gasteiger partial charge in [0.15, 0.2) is 5.96 Å². The standard InChI is InChI=1S/C14H29N3/c1-4-10-16-14(15-3)17-11-13-8-6-12(5-2)7-9-13/h12-13H,4-11H2,1-3H3,(H2,15,16,17). The van der Waals surface area contributed by atoms with E-state index in [1.54, 1.807) is 0 Å². The maximum atomic E-state index is 4.24. The molecule has 1 aliphatic rings. The van der Waals surface area contributed by atoms with Crippen LogP contribution in [-0.4, -0.2) is 26.1 Å². The molecule has 0 atom stereocenters. The van der Waals surface area contributed by atoms with Gasteiger partial charge in [-0.3, -0.25) is 4.99 Å². The molecule has 3 heteroatoms. The van der Waals surface area contributed by atoms with Crippen molar-refractivity contribution >= 4 is 5.96 Å². The molecule has 0 bridgehead atoms. The number of guanidine groups is 1. The van der Waals surface area contributed by atoms with E-state index in [1.807, 2.05) is 7.05 Å². The molecular weight excluding hydrogens is 210 g/mol. The van der Waals surface area contributed by atoms with Crippen molar-refractivity contribution in [1.82, 2.24) is 10.6 Å². The monoisotopic (exact) mass is 239 g/mol. The van der Waals surface area contributed by atoms with Crippen LogP contribution in [0.4, 0.5) is 0 Å². The minimum absolute atomic E-state index is 0.845. The molecule has 3 nitrogen and oxygen atoms in total. The number of rotatable bonds is 5. The Labute approximate surface area is 106 Å². The second-order valence-corrected chi connectivity index (χ2v) is 5.17. The van der Waals surface area contributed by atoms with Crippen molar-refractivity contribution < 1.29 is 0 Å². The second-order valence-electron chi connectivity index (χ2n) is 5.17. The summed E-state index contributed by atoms with van der Waals surface area (Å²) in [5.74, 6) is 2.80. The molecule has 1 fully saturated rings. The predicted octanol–water partition coefficient (Wildman–Crippen LogP) is 2.78. The molecule has 0 unspecified atom stereocenters. The fourth-order valence-corrected chi connectivity index (χ4v) is 2.55. The molecule has 0 aromatic heterocycles. The van der Waals surface area contributed by atoms with Gasteiger partial charge in [-0.25, -0.2) is 0 Å². The Morgan fingerprint density at radius 3 is 2.24 bits per heavy atom. The summed E-state index contributed by atoms with van der Waals surface area (Å²) in [6, 6.07) is 0. The molecule has 0 aliphatic heterocycles. The van der Waals surface area contributed by atoms with Crippen LogP contribution < -0.4 is 10.6 Å². The molecule has 2 N–H and O–H groups in total. The Bertz CT molecular complexity index is 218. The molecule has 17 heavy (non-hydrogen) atoms. The SMILES string of the molecule is CCCNC(=NC)NCC1CCC(CC)CC1. The highest BCUT2D eigenvalue weighted by atomic mass is 15.2. The van der Waals surface area contributed by atoms with E-state index >= 15 is 0 Å². The van der Waals surface area contributed by atoms with Crippen molar-refractivity contribution in [3.8, 4) is 0 Å². The van der Waals surface area contributed by atoms with E-state index in [9.17, 15) is 0 Å². The second kappa shape index (κ2) is 8.37. The zero-order chi connectivity index (χ0) is 12.5. The zero-order valence-corrected chi connectivity index (χ0v) is 11.8. The Hall–Kier alpha value is -0.730. The van der Waals surface area contributed by atoms with E-state index in [2.05, 4.69) is 29.5 Å². The lowest BCUT2D eigenvalue weighted by atomic mass is 9.81. The van der Waals surface area contributed by atoms with Crippen LogP contribution in [0.15, 0.2) is 4.99 Å². The first-order chi connectivity index (χ1) is 8.30. The molecule has 0 aromatic carbocycles. The van der Waals surface area contributed by atoms with E-state index in [1.165, 1.54) is 32.1 Å². The van der Waals surface area contributed by atoms with Crippen molar-refractivity contribution in [3.63, 3.8) is 0 Å². The number of nitrogens with one attached hydrogen (secondary N) is 2. The van der Waals surface area contributed by atoms with Crippen LogP contribution in [0, 0.1) is 11.8 Å². The van der Waals surface area contributed by atoms with Crippen LogP contribution in [0.25, 0.3) is 0 Å². The molecular formula is C14H29N3. The number of nitrogens with zero attached hydrogens (tertiary/aromatic N) is 1. The molecule has 0 radical (unpaired) electrons. The molecule has 1 saturated carbocycles. The van der Waals surface area contributed by atoms with Gasteiger partial charge in [0.1, 0.15) is 0 Å². The Morgan fingerprint density at radius 1 is 1.06 bits per heavy atom. The first kappa shape index (κ1) is 14.3. The topological polar surface area (TPSA) is 36.4 Å². The van der Waals surface area contributed by atoms with Gasteiger partial charge >= 0.3 is 0 Å². The molecule has 100 valence electrons. The van der Waals surface area contributed by atoms with Gasteiger partial charge in [0.05, 0.1) is 0 Å². The lowest BCUT2D eigenvalue weighted by Gasteiger charge is -2.28. The highest BCUT2D eigenvalue weighted by Crippen LogP contribution is 2.29. The third-order valence-electron chi connectivity index (χ3n) is 3.87. The summed E-state index contributed by atoms with van der Waals surface area (Å²) in [5, 5.41) is 6.76. The highest BCUT2D eigenvalue weighted by Gasteiger charge is 2.19. The fraction of sp³-hybridized carbons (Fsp3) is 0.929. The summed E-state index contributed by atoms with van der Waals surface area (Å²) in [7, 11) is 1.85. The fourth-order valence-electron chi connectivity index (χ4n) is 2.55. The highest BCUT2D eigenvalue weighted by molar-refractivity contribution is 5.79. The normalized spacial score (nSPS) is 25.7. The van der Waals surface area contributed by atoms with Gasteiger partial charge in [0.2, 0.25) is 0 Å². The average Bonchev–Trinajstić information content (AvgIpc) is 2.39. The Kier molecular flexibility index (Phi) is 7.06. The van der Waals surface area contributed by atoms with E-state index in [0.717, 1.165) is 37.3 Å². The molecule has 1 aliphatic carbocycles. The Morgan fingerprint density at radius 2 is 1.71 bits per heavy atom. The van der Waals surface area contributed by atoms with Gasteiger partial charge in [-0.15, -0.1) is 0 Å². The number of aliphatic imine (C=N–C) groups is 1. The summed E-state index contributed by atoms with van der Waals surface area (Å²) >= 11 is 0. The minimum atomic E-state index is 0.845. The lowest BCUT2D eigenvalue weighted by Crippen LogP contribution is -2.40. The van der Waals surface area contributed by atoms with Crippen LogP contribution >= 0.6 is 0 Å². The minimum Gasteiger partial charge on any atom is -0.356 e. The van der Waals surface area contributed by atoms with Crippen LogP contribution in [-0.2, 0) is 0 Å². The first-order valence-corrected chi connectivity index (χ1v) is 7.24. The van der Waals surface area contributed by atoms with Crippen molar-refractivity contribution in [3.05, 3.63) is 0 Å². The summed E-state index contributed by atoms with van der Waals surface area (Å²) in [5.41, 5.74) is 0. The zero-order valence-electron chi connectivity index (χ0n) is 11.8. The maximum Gasteiger partial charge on any atom is 0.190 e. The van der Waals surface area contributed by atoms with Gasteiger partial charge < -0.3 is 10.6 Å². The largest absolute Gasteiger partial charge is 0.356 e. The molecule has 0 saturated heterocycles. The molecule has 0 heterocycles. The quantitative estimate of drug-likeness (QED) is 0.572. The smallest absolute Gasteiger partial charge is 0.190 e. The molecule has 1 rings (SSSR count). The maximum absolute atomic E-state index is 4.24. The third-order valence-corrected chi connectivity index (χ3v) is 3.87. The predicted molar refractivity (Wildman–Crippen MR) is 75.4 cm³/mol. The van der Waals surface area contributed by atoms with Gasteiger partial charge in [-0.1, -0.05) is 33.1 Å². The van der Waals surface area contributed by atoms with Crippen molar-refractivity contribution in [1.29, 1.82) is 0 Å². The third kappa shape index (κ3) is 5.42. The van der Waals surface area contributed by atoms with Crippen molar-refractivity contribution in [2.24, 2.45) is 16.8 Å². The summed E-state index contributed by atoms with van der Waals surface area (Å²) in [6.45, 7) is 6.58. The van der Waals surface area contributed by atoms with E-state index in [-0.39, 0.29) is 0 Å². The van der Waals surface area contributed by atoms with Crippen LogP contribution in [0.5, 0.6) is 0 Å². The Balaban J connectivity index is 2.17. The van der Waals surface area contributed by atoms with E-state index in [4.69, 9.17) is 0 Å². The van der Waals surface area contributed by atoms with Crippen LogP contribution in [0.2, 0.25) is 0 Å². The summed E-state index contributed by atoms with van der Waals surface area (Å²) in [6.07, 6.45) is 8.11. The lowest BCUT2D eigenvalue weighted by molar-refractivity contribution is 0.269. The van der Waals surface area contributed by atoms with Gasteiger partial charge in [0.25, 0.3) is 0 Å². The van der Waals surface area contributed by atoms with Crippen LogP contribution in [0.3, 0.4) is 0 Å². The molecule has 0 aromatic rings. The first-order valence-electron chi connectivity index (χ1n) is 7.24. The summed E-state index contributed by atoms with van der Waals surface area (Å²) in [4.78, 5) is 4.24. The van der Waals surface area contributed by atoms with Crippen LogP contribution in [0.1, 0.15) is 52.4 Å². The molecule has 0 amide bonds. The van der Waals surface area contributed by atoms with E-state index < -0.39 is 0 Å². The molecule has 0 spiro atoms. The van der Waals surface area contributed by atoms with Gasteiger partial charge in [-0.05, 0) is 31.1 Å². The van der Waals surface area contributed by atoms with Gasteiger partial charge in [0, 0.05) is 20.1 Å². The number of hydrogen-bond donors (Lipinski definition) is 2. The average molecular weight is 239 g/mol. The van der Waals surface area contributed by atoms with Crippen molar-refractivity contribution in [2.45, 2.75) is 52.4 Å². The number of hydrogen-bond acceptors (Lipinski definition) is 1. The van der Waals surface area contributed by atoms with Gasteiger partial charge in [-0.2, -0.15) is 0 Å². The van der Waals surface area contributed by atoms with E-state index in [0.29, 0.717) is 0 Å².